The van der Waals surface area contributed by atoms with Crippen molar-refractivity contribution in [3.05, 3.63) is 65.5 Å². The van der Waals surface area contributed by atoms with Crippen LogP contribution in [0.4, 0.5) is 4.39 Å². The minimum Gasteiger partial charge on any atom is -0.491 e. The summed E-state index contributed by atoms with van der Waals surface area (Å²) >= 11 is 0. The molecule has 0 aliphatic heterocycles. The van der Waals surface area contributed by atoms with Crippen molar-refractivity contribution in [3.8, 4) is 5.75 Å². The standard InChI is InChI=1S/C18H20FNO2/c1-13-7-3-6-10-17(13)22-12-14(2)20-18(21)11-15-8-4-5-9-16(15)19/h3-10,14H,11-12H2,1-2H3,(H,20,21). The lowest BCUT2D eigenvalue weighted by atomic mass is 10.1. The summed E-state index contributed by atoms with van der Waals surface area (Å²) in [6, 6.07) is 13.9. The highest BCUT2D eigenvalue weighted by Gasteiger charge is 2.11. The second kappa shape index (κ2) is 7.59. The number of benzene rings is 2. The fourth-order valence-corrected chi connectivity index (χ4v) is 2.12. The van der Waals surface area contributed by atoms with E-state index in [4.69, 9.17) is 4.74 Å². The minimum absolute atomic E-state index is 0.0291. The van der Waals surface area contributed by atoms with Gasteiger partial charge in [-0.1, -0.05) is 36.4 Å². The molecule has 22 heavy (non-hydrogen) atoms. The molecule has 2 rings (SSSR count). The number of hydrogen-bond donors (Lipinski definition) is 1. The summed E-state index contributed by atoms with van der Waals surface area (Å²) in [7, 11) is 0. The molecule has 1 atom stereocenters. The quantitative estimate of drug-likeness (QED) is 0.889. The first kappa shape index (κ1) is 16.0. The number of para-hydroxylation sites is 1. The average Bonchev–Trinajstić information content (AvgIpc) is 2.49. The van der Waals surface area contributed by atoms with Crippen LogP contribution in [-0.4, -0.2) is 18.6 Å². The summed E-state index contributed by atoms with van der Waals surface area (Å²) in [6.45, 7) is 4.20. The Hall–Kier alpha value is -2.36. The van der Waals surface area contributed by atoms with Gasteiger partial charge < -0.3 is 10.1 Å². The van der Waals surface area contributed by atoms with Gasteiger partial charge in [0.25, 0.3) is 0 Å². The van der Waals surface area contributed by atoms with E-state index in [0.717, 1.165) is 11.3 Å². The highest BCUT2D eigenvalue weighted by Crippen LogP contribution is 2.16. The van der Waals surface area contributed by atoms with Crippen LogP contribution in [0.15, 0.2) is 48.5 Å². The number of rotatable bonds is 6. The highest BCUT2D eigenvalue weighted by molar-refractivity contribution is 5.78. The molecule has 0 spiro atoms. The molecule has 2 aromatic rings. The van der Waals surface area contributed by atoms with Crippen molar-refractivity contribution < 1.29 is 13.9 Å². The molecule has 0 aliphatic rings. The fraction of sp³-hybridized carbons (Fsp3) is 0.278. The molecule has 2 aromatic carbocycles. The monoisotopic (exact) mass is 301 g/mol. The van der Waals surface area contributed by atoms with Gasteiger partial charge in [-0.2, -0.15) is 0 Å². The zero-order valence-electron chi connectivity index (χ0n) is 12.8. The van der Waals surface area contributed by atoms with Crippen molar-refractivity contribution in [1.82, 2.24) is 5.32 Å². The van der Waals surface area contributed by atoms with Gasteiger partial charge in [0.1, 0.15) is 18.2 Å². The summed E-state index contributed by atoms with van der Waals surface area (Å²) in [6.07, 6.45) is 0.0291. The number of ether oxygens (including phenoxy) is 1. The van der Waals surface area contributed by atoms with Crippen LogP contribution in [0.1, 0.15) is 18.1 Å². The van der Waals surface area contributed by atoms with Crippen LogP contribution in [0.2, 0.25) is 0 Å². The zero-order chi connectivity index (χ0) is 15.9. The van der Waals surface area contributed by atoms with E-state index in [-0.39, 0.29) is 24.2 Å². The second-order valence-corrected chi connectivity index (χ2v) is 5.31. The number of hydrogen-bond acceptors (Lipinski definition) is 2. The molecule has 4 heteroatoms. The Bertz CT molecular complexity index is 642. The van der Waals surface area contributed by atoms with E-state index < -0.39 is 0 Å². The lowest BCUT2D eigenvalue weighted by Crippen LogP contribution is -2.37. The first-order chi connectivity index (χ1) is 10.6. The van der Waals surface area contributed by atoms with E-state index in [1.54, 1.807) is 18.2 Å². The number of halogens is 1. The van der Waals surface area contributed by atoms with Crippen LogP contribution in [0.25, 0.3) is 0 Å². The maximum atomic E-state index is 13.5. The van der Waals surface area contributed by atoms with Crippen molar-refractivity contribution >= 4 is 5.91 Å². The average molecular weight is 301 g/mol. The van der Waals surface area contributed by atoms with Gasteiger partial charge in [0.2, 0.25) is 5.91 Å². The van der Waals surface area contributed by atoms with Crippen LogP contribution in [-0.2, 0) is 11.2 Å². The predicted molar refractivity (Wildman–Crippen MR) is 84.4 cm³/mol. The third-order valence-corrected chi connectivity index (χ3v) is 3.30. The van der Waals surface area contributed by atoms with E-state index in [1.807, 2.05) is 38.1 Å². The van der Waals surface area contributed by atoms with Crippen molar-refractivity contribution in [2.24, 2.45) is 0 Å². The predicted octanol–water partition coefficient (Wildman–Crippen LogP) is 3.26. The lowest BCUT2D eigenvalue weighted by Gasteiger charge is -2.16. The molecule has 0 saturated carbocycles. The number of carbonyl (C=O) groups excluding carboxylic acids is 1. The Morgan fingerprint density at radius 3 is 2.59 bits per heavy atom. The third-order valence-electron chi connectivity index (χ3n) is 3.30. The summed E-state index contributed by atoms with van der Waals surface area (Å²) in [5.41, 5.74) is 1.44. The van der Waals surface area contributed by atoms with Crippen molar-refractivity contribution in [3.63, 3.8) is 0 Å². The molecule has 0 heterocycles. The largest absolute Gasteiger partial charge is 0.491 e. The SMILES string of the molecule is Cc1ccccc1OCC(C)NC(=O)Cc1ccccc1F. The number of nitrogens with one attached hydrogen (secondary N) is 1. The smallest absolute Gasteiger partial charge is 0.224 e. The van der Waals surface area contributed by atoms with Gasteiger partial charge in [-0.15, -0.1) is 0 Å². The maximum Gasteiger partial charge on any atom is 0.224 e. The van der Waals surface area contributed by atoms with Crippen molar-refractivity contribution in [2.75, 3.05) is 6.61 Å². The summed E-state index contributed by atoms with van der Waals surface area (Å²) < 4.78 is 19.2. The summed E-state index contributed by atoms with van der Waals surface area (Å²) in [5, 5.41) is 2.81. The molecule has 1 amide bonds. The molecule has 0 fully saturated rings. The molecule has 0 saturated heterocycles. The van der Waals surface area contributed by atoms with Crippen LogP contribution >= 0.6 is 0 Å². The van der Waals surface area contributed by atoms with E-state index in [1.165, 1.54) is 6.07 Å². The molecule has 3 nitrogen and oxygen atoms in total. The van der Waals surface area contributed by atoms with Gasteiger partial charge in [-0.05, 0) is 37.1 Å². The van der Waals surface area contributed by atoms with Crippen molar-refractivity contribution in [2.45, 2.75) is 26.3 Å². The first-order valence-electron chi connectivity index (χ1n) is 7.27. The Morgan fingerprint density at radius 2 is 1.86 bits per heavy atom. The summed E-state index contributed by atoms with van der Waals surface area (Å²) in [5.74, 6) is 0.227. The van der Waals surface area contributed by atoms with Gasteiger partial charge in [-0.3, -0.25) is 4.79 Å². The van der Waals surface area contributed by atoms with Gasteiger partial charge in [0, 0.05) is 0 Å². The Kier molecular flexibility index (Phi) is 5.53. The molecule has 1 N–H and O–H groups in total. The molecule has 116 valence electrons. The van der Waals surface area contributed by atoms with Crippen molar-refractivity contribution in [1.29, 1.82) is 0 Å². The van der Waals surface area contributed by atoms with Gasteiger partial charge in [0.15, 0.2) is 0 Å². The Morgan fingerprint density at radius 1 is 1.18 bits per heavy atom. The van der Waals surface area contributed by atoms with Gasteiger partial charge in [-0.25, -0.2) is 4.39 Å². The zero-order valence-corrected chi connectivity index (χ0v) is 12.8. The van der Waals surface area contributed by atoms with Crippen LogP contribution in [0.3, 0.4) is 0 Å². The summed E-state index contributed by atoms with van der Waals surface area (Å²) in [4.78, 5) is 11.9. The molecule has 1 unspecified atom stereocenters. The normalized spacial score (nSPS) is 11.8. The Balaban J connectivity index is 1.82. The van der Waals surface area contributed by atoms with E-state index in [0.29, 0.717) is 12.2 Å². The fourth-order valence-electron chi connectivity index (χ4n) is 2.12. The molecular weight excluding hydrogens is 281 g/mol. The number of aryl methyl sites for hydroxylation is 1. The molecule has 0 radical (unpaired) electrons. The van der Waals surface area contributed by atoms with E-state index in [9.17, 15) is 9.18 Å². The minimum atomic E-state index is -0.360. The second-order valence-electron chi connectivity index (χ2n) is 5.31. The van der Waals surface area contributed by atoms with E-state index in [2.05, 4.69) is 5.32 Å². The lowest BCUT2D eigenvalue weighted by molar-refractivity contribution is -0.121. The third kappa shape index (κ3) is 4.58. The van der Waals surface area contributed by atoms with E-state index >= 15 is 0 Å². The molecule has 0 bridgehead atoms. The maximum absolute atomic E-state index is 13.5. The number of carbonyl (C=O) groups is 1. The molecule has 0 aromatic heterocycles. The molecular formula is C18H20FNO2. The first-order valence-corrected chi connectivity index (χ1v) is 7.27. The highest BCUT2D eigenvalue weighted by atomic mass is 19.1. The van der Waals surface area contributed by atoms with Gasteiger partial charge >= 0.3 is 0 Å². The van der Waals surface area contributed by atoms with Crippen LogP contribution in [0.5, 0.6) is 5.75 Å². The van der Waals surface area contributed by atoms with Gasteiger partial charge in [0.05, 0.1) is 12.5 Å². The van der Waals surface area contributed by atoms with Crippen LogP contribution in [0, 0.1) is 12.7 Å². The number of amides is 1. The van der Waals surface area contributed by atoms with Crippen LogP contribution < -0.4 is 10.1 Å². The molecule has 0 aliphatic carbocycles. The topological polar surface area (TPSA) is 38.3 Å². The Labute approximate surface area is 130 Å².